The van der Waals surface area contributed by atoms with E-state index in [9.17, 15) is 13.6 Å². The van der Waals surface area contributed by atoms with Crippen LogP contribution in [0.15, 0.2) is 36.4 Å². The number of nitrogens with zero attached hydrogens (tertiary/aromatic N) is 3. The largest absolute Gasteiger partial charge is 0.434 e. The van der Waals surface area contributed by atoms with Gasteiger partial charge in [0.25, 0.3) is 5.91 Å². The van der Waals surface area contributed by atoms with E-state index in [0.29, 0.717) is 29.0 Å². The van der Waals surface area contributed by atoms with Crippen molar-refractivity contribution in [2.45, 2.75) is 50.5 Å². The SMILES string of the molecule is [2H]C([2H])([2H])N1C(=O)c2cccc(OC(F)F)c2[C@H]2C[C@@H]1c1nc3ccc(C#CCOC4CCC4)cc3n12. The van der Waals surface area contributed by atoms with Gasteiger partial charge in [-0.1, -0.05) is 17.9 Å². The van der Waals surface area contributed by atoms with Crippen molar-refractivity contribution in [1.29, 1.82) is 0 Å². The van der Waals surface area contributed by atoms with E-state index in [4.69, 9.17) is 13.6 Å². The van der Waals surface area contributed by atoms with Gasteiger partial charge in [-0.3, -0.25) is 4.79 Å². The average molecular weight is 467 g/mol. The van der Waals surface area contributed by atoms with Gasteiger partial charge in [-0.15, -0.1) is 0 Å². The molecule has 34 heavy (non-hydrogen) atoms. The monoisotopic (exact) mass is 466 g/mol. The molecule has 8 heteroatoms. The van der Waals surface area contributed by atoms with Gasteiger partial charge in [-0.25, -0.2) is 4.98 Å². The van der Waals surface area contributed by atoms with Crippen molar-refractivity contribution < 1.29 is 27.2 Å². The second-order valence-electron chi connectivity index (χ2n) is 8.75. The predicted octanol–water partition coefficient (Wildman–Crippen LogP) is 4.68. The summed E-state index contributed by atoms with van der Waals surface area (Å²) in [7, 11) is 0. The molecule has 1 aliphatic carbocycles. The third-order valence-corrected chi connectivity index (χ3v) is 6.83. The first kappa shape index (κ1) is 18.0. The Morgan fingerprint density at radius 1 is 1.26 bits per heavy atom. The molecule has 174 valence electrons. The fraction of sp³-hybridized carbons (Fsp3) is 0.385. The van der Waals surface area contributed by atoms with Gasteiger partial charge in [-0.2, -0.15) is 8.78 Å². The number of carbonyl (C=O) groups is 1. The normalized spacial score (nSPS) is 22.7. The molecule has 6 rings (SSSR count). The summed E-state index contributed by atoms with van der Waals surface area (Å²) in [5.74, 6) is 5.59. The highest BCUT2D eigenvalue weighted by Gasteiger charge is 2.45. The number of benzene rings is 2. The summed E-state index contributed by atoms with van der Waals surface area (Å²) in [4.78, 5) is 19.0. The van der Waals surface area contributed by atoms with Crippen molar-refractivity contribution in [1.82, 2.24) is 14.5 Å². The summed E-state index contributed by atoms with van der Waals surface area (Å²) in [5, 5.41) is 0. The molecule has 3 aromatic rings. The molecule has 0 N–H and O–H groups in total. The van der Waals surface area contributed by atoms with Gasteiger partial charge in [0.05, 0.1) is 29.2 Å². The Balaban J connectivity index is 1.48. The van der Waals surface area contributed by atoms with Crippen LogP contribution < -0.4 is 4.74 Å². The first-order valence-electron chi connectivity index (χ1n) is 12.8. The molecule has 0 spiro atoms. The van der Waals surface area contributed by atoms with Crippen molar-refractivity contribution in [2.24, 2.45) is 0 Å². The molecule has 2 aliphatic heterocycles. The van der Waals surface area contributed by atoms with Crippen LogP contribution in [0.1, 0.15) is 69.2 Å². The molecule has 2 bridgehead atoms. The minimum Gasteiger partial charge on any atom is -0.434 e. The van der Waals surface area contributed by atoms with Gasteiger partial charge in [0.15, 0.2) is 0 Å². The van der Waals surface area contributed by atoms with E-state index in [1.165, 1.54) is 24.6 Å². The van der Waals surface area contributed by atoms with E-state index in [-0.39, 0.29) is 29.4 Å². The van der Waals surface area contributed by atoms with Gasteiger partial charge in [0.1, 0.15) is 18.2 Å². The van der Waals surface area contributed by atoms with Crippen LogP contribution >= 0.6 is 0 Å². The number of alkyl halides is 2. The number of ether oxygens (including phenoxy) is 2. The molecule has 1 amide bonds. The zero-order valence-corrected chi connectivity index (χ0v) is 18.1. The number of carbonyl (C=O) groups excluding carboxylic acids is 1. The van der Waals surface area contributed by atoms with E-state index in [1.807, 2.05) is 16.7 Å². The Kier molecular flexibility index (Phi) is 4.28. The van der Waals surface area contributed by atoms with Crippen LogP contribution in [0.3, 0.4) is 0 Å². The number of fused-ring (bicyclic) bond motifs is 9. The molecule has 6 nitrogen and oxygen atoms in total. The maximum Gasteiger partial charge on any atom is 0.387 e. The standard InChI is InChI=1S/C26H23F2N3O3/c1-30-21-14-20(23-17(25(30)32)8-3-9-22(23)34-26(27)28)31-19-13-15(10-11-18(19)29-24(21)31)5-4-12-33-16-6-2-7-16/h3,8-11,13,16,20-21,26H,2,6-7,12,14H2,1H3/t20-,21-/m1/s1/i1D3. The molecule has 1 aromatic heterocycles. The average Bonchev–Trinajstić information content (AvgIpc) is 3.29. The molecule has 0 saturated heterocycles. The van der Waals surface area contributed by atoms with Gasteiger partial charge in [-0.05, 0) is 49.6 Å². The molecule has 2 aromatic carbocycles. The highest BCUT2D eigenvalue weighted by Crippen LogP contribution is 2.49. The number of hydrogen-bond donors (Lipinski definition) is 0. The maximum absolute atomic E-state index is 13.5. The number of aromatic nitrogens is 2. The lowest BCUT2D eigenvalue weighted by atomic mass is 9.96. The number of rotatable bonds is 4. The molecule has 2 atom stereocenters. The van der Waals surface area contributed by atoms with E-state index in [0.717, 1.165) is 17.7 Å². The number of hydrogen-bond acceptors (Lipinski definition) is 4. The van der Waals surface area contributed by atoms with Gasteiger partial charge in [0, 0.05) is 34.2 Å². The Hall–Kier alpha value is -3.44. The molecule has 3 heterocycles. The Labute approximate surface area is 199 Å². The van der Waals surface area contributed by atoms with Gasteiger partial charge < -0.3 is 18.9 Å². The van der Waals surface area contributed by atoms with Crippen LogP contribution in [-0.4, -0.2) is 46.7 Å². The molecule has 1 saturated carbocycles. The number of amides is 1. The van der Waals surface area contributed by atoms with Crippen LogP contribution in [0, 0.1) is 11.8 Å². The summed E-state index contributed by atoms with van der Waals surface area (Å²) in [6, 6.07) is 8.19. The summed E-state index contributed by atoms with van der Waals surface area (Å²) in [6.07, 6.45) is 3.76. The van der Waals surface area contributed by atoms with Crippen molar-refractivity contribution in [2.75, 3.05) is 13.6 Å². The second-order valence-corrected chi connectivity index (χ2v) is 8.75. The topological polar surface area (TPSA) is 56.6 Å². The number of imidazole rings is 1. The molecule has 3 aliphatic rings. The second kappa shape index (κ2) is 8.10. The molecule has 0 radical (unpaired) electrons. The highest BCUT2D eigenvalue weighted by atomic mass is 19.3. The van der Waals surface area contributed by atoms with Crippen LogP contribution in [0.2, 0.25) is 0 Å². The fourth-order valence-corrected chi connectivity index (χ4v) is 5.02. The van der Waals surface area contributed by atoms with Crippen LogP contribution in [0.25, 0.3) is 11.0 Å². The lowest BCUT2D eigenvalue weighted by molar-refractivity contribution is -0.0507. The minimum atomic E-state index is -3.11. The summed E-state index contributed by atoms with van der Waals surface area (Å²) >= 11 is 0. The Morgan fingerprint density at radius 2 is 2.15 bits per heavy atom. The molecule has 0 unspecified atom stereocenters. The van der Waals surface area contributed by atoms with Crippen LogP contribution in [0.5, 0.6) is 5.75 Å². The minimum absolute atomic E-state index is 0.0263. The smallest absolute Gasteiger partial charge is 0.387 e. The molecular formula is C26H23F2N3O3. The first-order chi connectivity index (χ1) is 17.7. The lowest BCUT2D eigenvalue weighted by Gasteiger charge is -2.24. The highest BCUT2D eigenvalue weighted by molar-refractivity contribution is 5.97. The summed E-state index contributed by atoms with van der Waals surface area (Å²) in [6.45, 7) is -5.54. The van der Waals surface area contributed by atoms with E-state index >= 15 is 0 Å². The van der Waals surface area contributed by atoms with Crippen molar-refractivity contribution in [3.63, 3.8) is 0 Å². The third-order valence-electron chi connectivity index (χ3n) is 6.83. The maximum atomic E-state index is 13.5. The Bertz CT molecular complexity index is 1460. The van der Waals surface area contributed by atoms with E-state index in [1.54, 1.807) is 6.07 Å². The Morgan fingerprint density at radius 3 is 2.91 bits per heavy atom. The summed E-state index contributed by atoms with van der Waals surface area (Å²) in [5.41, 5.74) is 2.24. The van der Waals surface area contributed by atoms with Gasteiger partial charge in [0.2, 0.25) is 0 Å². The molecular weight excluding hydrogens is 440 g/mol. The predicted molar refractivity (Wildman–Crippen MR) is 121 cm³/mol. The quantitative estimate of drug-likeness (QED) is 0.524. The number of halogens is 2. The zero-order chi connectivity index (χ0) is 25.9. The van der Waals surface area contributed by atoms with Crippen LogP contribution in [-0.2, 0) is 4.74 Å². The van der Waals surface area contributed by atoms with E-state index < -0.39 is 31.6 Å². The van der Waals surface area contributed by atoms with Crippen molar-refractivity contribution in [3.05, 3.63) is 58.9 Å². The van der Waals surface area contributed by atoms with Crippen molar-refractivity contribution in [3.8, 4) is 17.6 Å². The summed E-state index contributed by atoms with van der Waals surface area (Å²) < 4.78 is 63.2. The molecule has 1 fully saturated rings. The fourth-order valence-electron chi connectivity index (χ4n) is 5.02. The lowest BCUT2D eigenvalue weighted by Crippen LogP contribution is -2.30. The zero-order valence-electron chi connectivity index (χ0n) is 21.1. The van der Waals surface area contributed by atoms with Gasteiger partial charge >= 0.3 is 6.61 Å². The van der Waals surface area contributed by atoms with Crippen LogP contribution in [0.4, 0.5) is 8.78 Å². The third kappa shape index (κ3) is 3.34. The van der Waals surface area contributed by atoms with E-state index in [2.05, 4.69) is 16.8 Å². The van der Waals surface area contributed by atoms with Crippen molar-refractivity contribution >= 4 is 16.9 Å². The first-order valence-corrected chi connectivity index (χ1v) is 11.3.